The molecule has 1 fully saturated rings. The van der Waals surface area contributed by atoms with Gasteiger partial charge in [-0.1, -0.05) is 55.8 Å². The largest absolute Gasteiger partial charge is 0.440 e. The molecule has 0 bridgehead atoms. The van der Waals surface area contributed by atoms with E-state index in [-0.39, 0.29) is 11.6 Å². The number of allylic oxidation sites excluding steroid dienone is 2. The van der Waals surface area contributed by atoms with Crippen molar-refractivity contribution in [2.75, 3.05) is 0 Å². The first-order valence-electron chi connectivity index (χ1n) is 9.28. The number of carbonyl (C=O) groups is 1. The lowest BCUT2D eigenvalue weighted by Gasteiger charge is -2.12. The van der Waals surface area contributed by atoms with E-state index in [0.717, 1.165) is 6.08 Å². The van der Waals surface area contributed by atoms with Gasteiger partial charge in [-0.3, -0.25) is 4.79 Å². The van der Waals surface area contributed by atoms with Gasteiger partial charge in [0.05, 0.1) is 11.6 Å². The molecular weight excluding hydrogens is 433 g/mol. The van der Waals surface area contributed by atoms with Crippen LogP contribution in [-0.4, -0.2) is 17.1 Å². The molecule has 3 atom stereocenters. The Labute approximate surface area is 182 Å². The molecule has 1 aromatic carbocycles. The van der Waals surface area contributed by atoms with Gasteiger partial charge in [0.1, 0.15) is 16.9 Å². The highest BCUT2D eigenvalue weighted by molar-refractivity contribution is 6.30. The zero-order valence-electron chi connectivity index (χ0n) is 16.6. The molecule has 3 rings (SSSR count). The number of nitriles is 1. The van der Waals surface area contributed by atoms with Crippen molar-refractivity contribution in [2.24, 2.45) is 17.3 Å². The van der Waals surface area contributed by atoms with Crippen LogP contribution in [0.2, 0.25) is 0 Å². The SMILES string of the molecule is CC1(C)[C@H](C(=O)OC(C#N)c2cccc(Oc3ccccc3)n2)[C@@H]1/C=C(\Cl)C(F)(F)F. The van der Waals surface area contributed by atoms with Crippen molar-refractivity contribution < 1.29 is 27.4 Å². The minimum atomic E-state index is -4.69. The number of benzene rings is 1. The molecule has 0 radical (unpaired) electrons. The fraction of sp³-hybridized carbons (Fsp3) is 0.318. The van der Waals surface area contributed by atoms with Crippen molar-refractivity contribution in [3.05, 3.63) is 65.3 Å². The number of carbonyl (C=O) groups excluding carboxylic acids is 1. The number of halogens is 4. The minimum Gasteiger partial charge on any atom is -0.440 e. The molecule has 1 saturated carbocycles. The second-order valence-electron chi connectivity index (χ2n) is 7.60. The smallest absolute Gasteiger partial charge is 0.426 e. The first kappa shape index (κ1) is 22.6. The van der Waals surface area contributed by atoms with Crippen LogP contribution in [0.3, 0.4) is 0 Å². The summed E-state index contributed by atoms with van der Waals surface area (Å²) in [6, 6.07) is 15.4. The molecule has 0 amide bonds. The molecule has 162 valence electrons. The lowest BCUT2D eigenvalue weighted by molar-refractivity contribution is -0.149. The Balaban J connectivity index is 1.72. The number of esters is 1. The van der Waals surface area contributed by atoms with Gasteiger partial charge >= 0.3 is 12.1 Å². The molecule has 31 heavy (non-hydrogen) atoms. The van der Waals surface area contributed by atoms with E-state index in [4.69, 9.17) is 21.1 Å². The second-order valence-corrected chi connectivity index (χ2v) is 8.01. The Morgan fingerprint density at radius 2 is 1.90 bits per heavy atom. The molecular formula is C22H18ClF3N2O3. The summed E-state index contributed by atoms with van der Waals surface area (Å²) < 4.78 is 49.0. The quantitative estimate of drug-likeness (QED) is 0.509. The molecule has 1 aliphatic rings. The van der Waals surface area contributed by atoms with E-state index in [9.17, 15) is 23.2 Å². The van der Waals surface area contributed by atoms with E-state index >= 15 is 0 Å². The van der Waals surface area contributed by atoms with Crippen LogP contribution in [0.1, 0.15) is 25.6 Å². The van der Waals surface area contributed by atoms with Crippen LogP contribution in [0.15, 0.2) is 59.6 Å². The maximum atomic E-state index is 12.7. The average Bonchev–Trinajstić information content (AvgIpc) is 3.26. The average molecular weight is 451 g/mol. The zero-order valence-corrected chi connectivity index (χ0v) is 17.3. The van der Waals surface area contributed by atoms with E-state index in [1.807, 2.05) is 12.1 Å². The fourth-order valence-corrected chi connectivity index (χ4v) is 3.41. The number of nitrogens with zero attached hydrogens (tertiary/aromatic N) is 2. The van der Waals surface area contributed by atoms with Crippen LogP contribution in [-0.2, 0) is 9.53 Å². The Morgan fingerprint density at radius 3 is 2.52 bits per heavy atom. The van der Waals surface area contributed by atoms with Crippen LogP contribution in [0.5, 0.6) is 11.6 Å². The highest BCUT2D eigenvalue weighted by Crippen LogP contribution is 2.60. The number of rotatable bonds is 6. The summed E-state index contributed by atoms with van der Waals surface area (Å²) in [7, 11) is 0. The van der Waals surface area contributed by atoms with Crippen LogP contribution in [0, 0.1) is 28.6 Å². The van der Waals surface area contributed by atoms with E-state index < -0.39 is 40.5 Å². The highest BCUT2D eigenvalue weighted by Gasteiger charge is 2.62. The number of para-hydroxylation sites is 1. The van der Waals surface area contributed by atoms with Gasteiger partial charge < -0.3 is 9.47 Å². The molecule has 9 heteroatoms. The van der Waals surface area contributed by atoms with Gasteiger partial charge in [0.15, 0.2) is 0 Å². The van der Waals surface area contributed by atoms with Crippen LogP contribution >= 0.6 is 11.6 Å². The van der Waals surface area contributed by atoms with Crippen LogP contribution in [0.4, 0.5) is 13.2 Å². The third-order valence-corrected chi connectivity index (χ3v) is 5.43. The summed E-state index contributed by atoms with van der Waals surface area (Å²) in [4.78, 5) is 16.8. The predicted molar refractivity (Wildman–Crippen MR) is 106 cm³/mol. The van der Waals surface area contributed by atoms with Gasteiger partial charge in [-0.05, 0) is 29.5 Å². The van der Waals surface area contributed by atoms with Gasteiger partial charge in [0.25, 0.3) is 0 Å². The molecule has 5 nitrogen and oxygen atoms in total. The molecule has 0 N–H and O–H groups in total. The third-order valence-electron chi connectivity index (χ3n) is 5.09. The van der Waals surface area contributed by atoms with Crippen molar-refractivity contribution in [1.82, 2.24) is 4.98 Å². The monoisotopic (exact) mass is 450 g/mol. The maximum absolute atomic E-state index is 12.7. The predicted octanol–water partition coefficient (Wildman–Crippen LogP) is 5.94. The Bertz CT molecular complexity index is 1030. The number of pyridine rings is 1. The molecule has 1 heterocycles. The fourth-order valence-electron chi connectivity index (χ4n) is 3.28. The molecule has 1 aliphatic carbocycles. The number of alkyl halides is 3. The second kappa shape index (κ2) is 8.60. The molecule has 0 saturated heterocycles. The van der Waals surface area contributed by atoms with Crippen molar-refractivity contribution >= 4 is 17.6 Å². The Kier molecular flexibility index (Phi) is 6.27. The number of ether oxygens (including phenoxy) is 2. The molecule has 1 unspecified atom stereocenters. The van der Waals surface area contributed by atoms with Gasteiger partial charge in [-0.15, -0.1) is 0 Å². The van der Waals surface area contributed by atoms with Crippen molar-refractivity contribution in [3.63, 3.8) is 0 Å². The molecule has 2 aromatic rings. The lowest BCUT2D eigenvalue weighted by Crippen LogP contribution is -2.15. The van der Waals surface area contributed by atoms with Crippen LogP contribution < -0.4 is 4.74 Å². The Hall–Kier alpha value is -3.05. The van der Waals surface area contributed by atoms with Crippen molar-refractivity contribution in [2.45, 2.75) is 26.1 Å². The van der Waals surface area contributed by atoms with Gasteiger partial charge in [-0.25, -0.2) is 4.98 Å². The Morgan fingerprint density at radius 1 is 1.23 bits per heavy atom. The highest BCUT2D eigenvalue weighted by atomic mass is 35.5. The summed E-state index contributed by atoms with van der Waals surface area (Å²) in [5, 5.41) is 8.18. The topological polar surface area (TPSA) is 72.2 Å². The lowest BCUT2D eigenvalue weighted by atomic mass is 10.1. The normalized spacial score (nSPS) is 21.0. The van der Waals surface area contributed by atoms with Gasteiger partial charge in [0.2, 0.25) is 12.0 Å². The number of hydrogen-bond donors (Lipinski definition) is 0. The van der Waals surface area contributed by atoms with Crippen molar-refractivity contribution in [1.29, 1.82) is 5.26 Å². The van der Waals surface area contributed by atoms with Crippen molar-refractivity contribution in [3.8, 4) is 17.7 Å². The standard InChI is InChI=1S/C22H18ClF3N2O3/c1-21(2)14(11-17(23)22(24,25)26)19(21)20(29)31-16(12-27)15-9-6-10-18(28-15)30-13-7-4-3-5-8-13/h3-11,14,16,19H,1-2H3/b17-11-/t14-,16?,19-/m0/s1. The molecule has 1 aromatic heterocycles. The zero-order chi connectivity index (χ0) is 22.8. The first-order valence-corrected chi connectivity index (χ1v) is 9.66. The van der Waals surface area contributed by atoms with Gasteiger partial charge in [-0.2, -0.15) is 18.4 Å². The van der Waals surface area contributed by atoms with E-state index in [0.29, 0.717) is 5.75 Å². The minimum absolute atomic E-state index is 0.142. The third kappa shape index (κ3) is 5.17. The van der Waals surface area contributed by atoms with Crippen LogP contribution in [0.25, 0.3) is 0 Å². The summed E-state index contributed by atoms with van der Waals surface area (Å²) >= 11 is 5.31. The van der Waals surface area contributed by atoms with E-state index in [2.05, 4.69) is 4.98 Å². The summed E-state index contributed by atoms with van der Waals surface area (Å²) in [6.07, 6.45) is -5.21. The van der Waals surface area contributed by atoms with E-state index in [1.165, 1.54) is 6.07 Å². The number of aromatic nitrogens is 1. The van der Waals surface area contributed by atoms with E-state index in [1.54, 1.807) is 50.2 Å². The first-order chi connectivity index (χ1) is 14.5. The molecule has 0 spiro atoms. The summed E-state index contributed by atoms with van der Waals surface area (Å²) in [5.74, 6) is -1.67. The van der Waals surface area contributed by atoms with Gasteiger partial charge in [0, 0.05) is 6.07 Å². The summed E-state index contributed by atoms with van der Waals surface area (Å²) in [6.45, 7) is 3.27. The summed E-state index contributed by atoms with van der Waals surface area (Å²) in [5.41, 5.74) is -0.642. The maximum Gasteiger partial charge on any atom is 0.426 e. The number of hydrogen-bond acceptors (Lipinski definition) is 5. The molecule has 0 aliphatic heterocycles.